The molecule has 0 saturated carbocycles. The molecule has 1 aromatic rings. The minimum Gasteiger partial charge on any atom is -0.459 e. The van der Waals surface area contributed by atoms with Crippen LogP contribution in [0.2, 0.25) is 0 Å². The summed E-state index contributed by atoms with van der Waals surface area (Å²) in [6.07, 6.45) is 1.79. The van der Waals surface area contributed by atoms with Crippen LogP contribution in [-0.2, 0) is 19.1 Å². The molecule has 1 saturated heterocycles. The molecule has 2 heterocycles. The minimum absolute atomic E-state index is 0.0890. The van der Waals surface area contributed by atoms with Crippen molar-refractivity contribution in [2.75, 3.05) is 13.2 Å². The molecule has 1 aromatic heterocycles. The first-order chi connectivity index (χ1) is 13.1. The molecule has 28 heavy (non-hydrogen) atoms. The molecular weight excluding hydrogens is 366 g/mol. The predicted molar refractivity (Wildman–Crippen MR) is 99.6 cm³/mol. The van der Waals surface area contributed by atoms with Gasteiger partial charge >= 0.3 is 11.9 Å². The van der Waals surface area contributed by atoms with E-state index in [0.29, 0.717) is 24.2 Å². The van der Waals surface area contributed by atoms with Crippen molar-refractivity contribution in [3.8, 4) is 0 Å². The number of rotatable bonds is 6. The summed E-state index contributed by atoms with van der Waals surface area (Å²) in [6.45, 7) is 6.61. The Morgan fingerprint density at radius 2 is 1.86 bits per heavy atom. The first-order valence-electron chi connectivity index (χ1n) is 9.29. The first kappa shape index (κ1) is 21.5. The standard InChI is InChI=1S/C19H27N3O6/c1-10(2)28-18(25)15-11(3)16(21-12(15)4)19(26)27-9-14(23)22-8-6-5-7-13(22)17(20)24/h10,13,21H,5-9H2,1-4H3,(H2,20,24)/t13-/m0/s1. The van der Waals surface area contributed by atoms with Crippen LogP contribution in [0.1, 0.15) is 65.2 Å². The maximum atomic E-state index is 12.4. The molecule has 3 N–H and O–H groups in total. The zero-order chi connectivity index (χ0) is 21.0. The first-order valence-corrected chi connectivity index (χ1v) is 9.29. The Balaban J connectivity index is 2.06. The van der Waals surface area contributed by atoms with Crippen molar-refractivity contribution in [3.63, 3.8) is 0 Å². The monoisotopic (exact) mass is 393 g/mol. The molecule has 154 valence electrons. The van der Waals surface area contributed by atoms with E-state index in [1.54, 1.807) is 27.7 Å². The summed E-state index contributed by atoms with van der Waals surface area (Å²) in [5.41, 5.74) is 6.59. The van der Waals surface area contributed by atoms with Crippen molar-refractivity contribution in [2.45, 2.75) is 59.1 Å². The van der Waals surface area contributed by atoms with Crippen LogP contribution in [-0.4, -0.2) is 58.9 Å². The second-order valence-corrected chi connectivity index (χ2v) is 7.16. The Morgan fingerprint density at radius 1 is 1.18 bits per heavy atom. The largest absolute Gasteiger partial charge is 0.459 e. The van der Waals surface area contributed by atoms with Crippen molar-refractivity contribution >= 4 is 23.8 Å². The molecule has 2 amide bonds. The van der Waals surface area contributed by atoms with Gasteiger partial charge in [-0.05, 0) is 52.5 Å². The lowest BCUT2D eigenvalue weighted by Crippen LogP contribution is -2.51. The molecule has 1 atom stereocenters. The van der Waals surface area contributed by atoms with Crippen LogP contribution in [0.5, 0.6) is 0 Å². The summed E-state index contributed by atoms with van der Waals surface area (Å²) in [6, 6.07) is -0.674. The van der Waals surface area contributed by atoms with E-state index in [0.717, 1.165) is 12.8 Å². The molecule has 0 radical (unpaired) electrons. The molecule has 2 rings (SSSR count). The average molecular weight is 393 g/mol. The maximum Gasteiger partial charge on any atom is 0.355 e. The number of aromatic amines is 1. The third-order valence-electron chi connectivity index (χ3n) is 4.67. The second-order valence-electron chi connectivity index (χ2n) is 7.16. The van der Waals surface area contributed by atoms with Gasteiger partial charge in [-0.2, -0.15) is 0 Å². The summed E-state index contributed by atoms with van der Waals surface area (Å²) in [7, 11) is 0. The highest BCUT2D eigenvalue weighted by Gasteiger charge is 2.31. The Morgan fingerprint density at radius 3 is 2.46 bits per heavy atom. The van der Waals surface area contributed by atoms with Crippen LogP contribution in [0.3, 0.4) is 0 Å². The molecule has 0 spiro atoms. The summed E-state index contributed by atoms with van der Waals surface area (Å²) in [4.78, 5) is 52.7. The van der Waals surface area contributed by atoms with E-state index in [1.807, 2.05) is 0 Å². The third kappa shape index (κ3) is 4.71. The number of piperidine rings is 1. The van der Waals surface area contributed by atoms with Crippen LogP contribution >= 0.6 is 0 Å². The number of hydrogen-bond donors (Lipinski definition) is 2. The third-order valence-corrected chi connectivity index (χ3v) is 4.67. The van der Waals surface area contributed by atoms with E-state index >= 15 is 0 Å². The fraction of sp³-hybridized carbons (Fsp3) is 0.579. The normalized spacial score (nSPS) is 16.8. The molecule has 0 aliphatic carbocycles. The highest BCUT2D eigenvalue weighted by molar-refractivity contribution is 5.99. The number of likely N-dealkylation sites (tertiary alicyclic amines) is 1. The van der Waals surface area contributed by atoms with Gasteiger partial charge in [0.15, 0.2) is 6.61 Å². The van der Waals surface area contributed by atoms with Gasteiger partial charge in [0.1, 0.15) is 11.7 Å². The molecule has 1 aliphatic heterocycles. The van der Waals surface area contributed by atoms with Crippen LogP contribution in [0.25, 0.3) is 0 Å². The number of amides is 2. The number of aromatic nitrogens is 1. The number of carbonyl (C=O) groups is 4. The summed E-state index contributed by atoms with van der Waals surface area (Å²) in [5, 5.41) is 0. The van der Waals surface area contributed by atoms with Crippen molar-refractivity contribution < 1.29 is 28.7 Å². The van der Waals surface area contributed by atoms with Gasteiger partial charge in [-0.1, -0.05) is 0 Å². The highest BCUT2D eigenvalue weighted by Crippen LogP contribution is 2.21. The highest BCUT2D eigenvalue weighted by atomic mass is 16.5. The zero-order valence-electron chi connectivity index (χ0n) is 16.7. The lowest BCUT2D eigenvalue weighted by molar-refractivity contribution is -0.143. The predicted octanol–water partition coefficient (Wildman–Crippen LogP) is 1.22. The molecule has 1 aliphatic rings. The number of nitrogens with one attached hydrogen (secondary N) is 1. The average Bonchev–Trinajstić information content (AvgIpc) is 2.93. The number of ether oxygens (including phenoxy) is 2. The van der Waals surface area contributed by atoms with Gasteiger partial charge in [-0.15, -0.1) is 0 Å². The molecule has 0 bridgehead atoms. The number of nitrogens with zero attached hydrogens (tertiary/aromatic N) is 1. The van der Waals surface area contributed by atoms with E-state index in [4.69, 9.17) is 15.2 Å². The lowest BCUT2D eigenvalue weighted by Gasteiger charge is -2.33. The molecule has 9 nitrogen and oxygen atoms in total. The maximum absolute atomic E-state index is 12.4. The number of carbonyl (C=O) groups excluding carboxylic acids is 4. The van der Waals surface area contributed by atoms with Gasteiger partial charge in [-0.3, -0.25) is 9.59 Å². The van der Waals surface area contributed by atoms with Gasteiger partial charge < -0.3 is 25.1 Å². The SMILES string of the molecule is Cc1[nH]c(C(=O)OCC(=O)N2CCCC[C@H]2C(N)=O)c(C)c1C(=O)OC(C)C. The Hall–Kier alpha value is -2.84. The number of primary amides is 1. The van der Waals surface area contributed by atoms with Crippen LogP contribution in [0, 0.1) is 13.8 Å². The van der Waals surface area contributed by atoms with Crippen molar-refractivity contribution in [3.05, 3.63) is 22.5 Å². The quantitative estimate of drug-likeness (QED) is 0.699. The second kappa shape index (κ2) is 8.90. The van der Waals surface area contributed by atoms with Crippen LogP contribution in [0.4, 0.5) is 0 Å². The van der Waals surface area contributed by atoms with Crippen LogP contribution in [0.15, 0.2) is 0 Å². The van der Waals surface area contributed by atoms with Gasteiger partial charge in [0, 0.05) is 12.2 Å². The minimum atomic E-state index is -0.759. The van der Waals surface area contributed by atoms with Gasteiger partial charge in [0.2, 0.25) is 5.91 Å². The lowest BCUT2D eigenvalue weighted by atomic mass is 10.0. The summed E-state index contributed by atoms with van der Waals surface area (Å²) in [5.74, 6) is -2.33. The van der Waals surface area contributed by atoms with Crippen LogP contribution < -0.4 is 5.73 Å². The van der Waals surface area contributed by atoms with E-state index in [2.05, 4.69) is 4.98 Å². The number of hydrogen-bond acceptors (Lipinski definition) is 6. The van der Waals surface area contributed by atoms with Crippen molar-refractivity contribution in [1.82, 2.24) is 9.88 Å². The fourth-order valence-corrected chi connectivity index (χ4v) is 3.34. The van der Waals surface area contributed by atoms with E-state index in [-0.39, 0.29) is 17.4 Å². The molecule has 0 unspecified atom stereocenters. The van der Waals surface area contributed by atoms with Gasteiger partial charge in [-0.25, -0.2) is 9.59 Å². The Kier molecular flexibility index (Phi) is 6.82. The number of esters is 2. The fourth-order valence-electron chi connectivity index (χ4n) is 3.34. The number of H-pyrrole nitrogens is 1. The Labute approximate surface area is 163 Å². The molecule has 1 fully saturated rings. The summed E-state index contributed by atoms with van der Waals surface area (Å²) >= 11 is 0. The molecular formula is C19H27N3O6. The smallest absolute Gasteiger partial charge is 0.355 e. The Bertz CT molecular complexity index is 783. The van der Waals surface area contributed by atoms with E-state index < -0.39 is 36.4 Å². The van der Waals surface area contributed by atoms with Gasteiger partial charge in [0.25, 0.3) is 5.91 Å². The topological polar surface area (TPSA) is 132 Å². The molecule has 9 heteroatoms. The van der Waals surface area contributed by atoms with Gasteiger partial charge in [0.05, 0.1) is 11.7 Å². The van der Waals surface area contributed by atoms with E-state index in [9.17, 15) is 19.2 Å². The van der Waals surface area contributed by atoms with Crippen molar-refractivity contribution in [1.29, 1.82) is 0 Å². The number of nitrogens with two attached hydrogens (primary N) is 1. The van der Waals surface area contributed by atoms with E-state index in [1.165, 1.54) is 4.90 Å². The number of aryl methyl sites for hydroxylation is 1. The summed E-state index contributed by atoms with van der Waals surface area (Å²) < 4.78 is 10.3. The zero-order valence-corrected chi connectivity index (χ0v) is 16.7. The van der Waals surface area contributed by atoms with Crippen molar-refractivity contribution in [2.24, 2.45) is 5.73 Å². The molecule has 0 aromatic carbocycles.